The highest BCUT2D eigenvalue weighted by atomic mass is 32.2. The lowest BCUT2D eigenvalue weighted by Gasteiger charge is -2.12. The summed E-state index contributed by atoms with van der Waals surface area (Å²) in [5, 5.41) is 6.94. The Morgan fingerprint density at radius 2 is 2.20 bits per heavy atom. The first kappa shape index (κ1) is 15.0. The van der Waals surface area contributed by atoms with Crippen LogP contribution in [-0.4, -0.2) is 19.9 Å². The van der Waals surface area contributed by atoms with E-state index in [9.17, 15) is 8.42 Å². The summed E-state index contributed by atoms with van der Waals surface area (Å²) in [5.74, 6) is 0. The van der Waals surface area contributed by atoms with Crippen molar-refractivity contribution in [3.8, 4) is 0 Å². The highest BCUT2D eigenvalue weighted by Gasteiger charge is 2.18. The van der Waals surface area contributed by atoms with Gasteiger partial charge in [-0.05, 0) is 34.9 Å². The number of aromatic nitrogens is 1. The van der Waals surface area contributed by atoms with E-state index < -0.39 is 10.0 Å². The van der Waals surface area contributed by atoms with Gasteiger partial charge in [-0.15, -0.1) is 0 Å². The molecule has 0 amide bonds. The van der Waals surface area contributed by atoms with E-state index in [2.05, 4.69) is 15.0 Å². The zero-order valence-electron chi connectivity index (χ0n) is 11.2. The SMILES string of the molecule is CCCNc1ccncc1S(=O)(=O)NCc1ccsc1. The molecule has 0 bridgehead atoms. The highest BCUT2D eigenvalue weighted by Crippen LogP contribution is 2.19. The van der Waals surface area contributed by atoms with Crippen molar-refractivity contribution in [1.29, 1.82) is 0 Å². The van der Waals surface area contributed by atoms with Crippen LogP contribution in [0.15, 0.2) is 40.2 Å². The molecule has 5 nitrogen and oxygen atoms in total. The van der Waals surface area contributed by atoms with Crippen LogP contribution < -0.4 is 10.0 Å². The van der Waals surface area contributed by atoms with Crippen LogP contribution >= 0.6 is 11.3 Å². The summed E-state index contributed by atoms with van der Waals surface area (Å²) in [6.45, 7) is 3.03. The fourth-order valence-corrected chi connectivity index (χ4v) is 3.46. The second-order valence-electron chi connectivity index (χ2n) is 4.25. The van der Waals surface area contributed by atoms with E-state index in [0.717, 1.165) is 18.5 Å². The standard InChI is InChI=1S/C13H17N3O2S2/c1-2-5-15-12-3-6-14-9-13(12)20(17,18)16-8-11-4-7-19-10-11/h3-4,6-7,9-10,16H,2,5,8H2,1H3,(H,14,15). The Hall–Kier alpha value is -1.44. The number of nitrogens with zero attached hydrogens (tertiary/aromatic N) is 1. The maximum absolute atomic E-state index is 12.3. The van der Waals surface area contributed by atoms with Crippen LogP contribution in [0, 0.1) is 0 Å². The maximum Gasteiger partial charge on any atom is 0.244 e. The van der Waals surface area contributed by atoms with Crippen LogP contribution in [0.25, 0.3) is 0 Å². The van der Waals surface area contributed by atoms with Crippen molar-refractivity contribution in [1.82, 2.24) is 9.71 Å². The van der Waals surface area contributed by atoms with E-state index >= 15 is 0 Å². The van der Waals surface area contributed by atoms with E-state index in [0.29, 0.717) is 5.69 Å². The molecule has 0 radical (unpaired) electrons. The summed E-state index contributed by atoms with van der Waals surface area (Å²) >= 11 is 1.54. The smallest absolute Gasteiger partial charge is 0.244 e. The molecule has 0 aliphatic heterocycles. The molecule has 0 aliphatic carbocycles. The van der Waals surface area contributed by atoms with Gasteiger partial charge >= 0.3 is 0 Å². The van der Waals surface area contributed by atoms with Gasteiger partial charge in [-0.25, -0.2) is 13.1 Å². The molecule has 0 saturated carbocycles. The largest absolute Gasteiger partial charge is 0.384 e. The molecule has 108 valence electrons. The summed E-state index contributed by atoms with van der Waals surface area (Å²) in [6, 6.07) is 3.57. The predicted molar refractivity (Wildman–Crippen MR) is 81.4 cm³/mol. The number of hydrogen-bond acceptors (Lipinski definition) is 5. The molecule has 0 atom stereocenters. The van der Waals surface area contributed by atoms with Gasteiger partial charge in [0.1, 0.15) is 4.90 Å². The first-order valence-corrected chi connectivity index (χ1v) is 8.74. The van der Waals surface area contributed by atoms with E-state index in [1.807, 2.05) is 23.8 Å². The van der Waals surface area contributed by atoms with Gasteiger partial charge in [0.15, 0.2) is 0 Å². The summed E-state index contributed by atoms with van der Waals surface area (Å²) in [5.41, 5.74) is 1.53. The second kappa shape index (κ2) is 6.83. The summed E-state index contributed by atoms with van der Waals surface area (Å²) in [4.78, 5) is 4.09. The molecule has 2 aromatic rings. The number of sulfonamides is 1. The minimum atomic E-state index is -3.57. The van der Waals surface area contributed by atoms with Crippen molar-refractivity contribution in [2.75, 3.05) is 11.9 Å². The van der Waals surface area contributed by atoms with E-state index in [4.69, 9.17) is 0 Å². The van der Waals surface area contributed by atoms with Gasteiger partial charge in [0, 0.05) is 25.5 Å². The van der Waals surface area contributed by atoms with Crippen molar-refractivity contribution in [2.24, 2.45) is 0 Å². The molecule has 7 heteroatoms. The normalized spacial score (nSPS) is 11.4. The van der Waals surface area contributed by atoms with Gasteiger partial charge in [0.2, 0.25) is 10.0 Å². The van der Waals surface area contributed by atoms with Crippen molar-refractivity contribution in [2.45, 2.75) is 24.8 Å². The van der Waals surface area contributed by atoms with Gasteiger partial charge in [0.05, 0.1) is 5.69 Å². The molecule has 20 heavy (non-hydrogen) atoms. The van der Waals surface area contributed by atoms with Crippen molar-refractivity contribution in [3.05, 3.63) is 40.8 Å². The van der Waals surface area contributed by atoms with Crippen molar-refractivity contribution >= 4 is 27.0 Å². The van der Waals surface area contributed by atoms with Crippen LogP contribution in [0.1, 0.15) is 18.9 Å². The molecular formula is C13H17N3O2S2. The Balaban J connectivity index is 2.16. The molecule has 0 fully saturated rings. The summed E-state index contributed by atoms with van der Waals surface area (Å²) in [6.07, 6.45) is 3.87. The molecule has 2 aromatic heterocycles. The second-order valence-corrected chi connectivity index (χ2v) is 6.77. The minimum absolute atomic E-state index is 0.184. The Kier molecular flexibility index (Phi) is 5.11. The van der Waals surface area contributed by atoms with Crippen LogP contribution in [0.3, 0.4) is 0 Å². The zero-order valence-corrected chi connectivity index (χ0v) is 12.8. The van der Waals surface area contributed by atoms with Gasteiger partial charge in [-0.2, -0.15) is 11.3 Å². The average Bonchev–Trinajstić information content (AvgIpc) is 2.97. The fourth-order valence-electron chi connectivity index (χ4n) is 1.65. The number of nitrogens with one attached hydrogen (secondary N) is 2. The molecule has 0 aliphatic rings. The maximum atomic E-state index is 12.3. The van der Waals surface area contributed by atoms with Gasteiger partial charge in [-0.1, -0.05) is 6.92 Å². The summed E-state index contributed by atoms with van der Waals surface area (Å²) < 4.78 is 27.2. The molecule has 0 spiro atoms. The number of anilines is 1. The highest BCUT2D eigenvalue weighted by molar-refractivity contribution is 7.89. The van der Waals surface area contributed by atoms with Crippen molar-refractivity contribution in [3.63, 3.8) is 0 Å². The number of thiophene rings is 1. The van der Waals surface area contributed by atoms with Crippen LogP contribution in [0.4, 0.5) is 5.69 Å². The molecule has 2 N–H and O–H groups in total. The lowest BCUT2D eigenvalue weighted by molar-refractivity contribution is 0.581. The van der Waals surface area contributed by atoms with E-state index in [1.54, 1.807) is 23.6 Å². The van der Waals surface area contributed by atoms with Gasteiger partial charge in [-0.3, -0.25) is 4.98 Å². The zero-order chi connectivity index (χ0) is 14.4. The lowest BCUT2D eigenvalue weighted by atomic mass is 10.4. The van der Waals surface area contributed by atoms with Crippen LogP contribution in [0.5, 0.6) is 0 Å². The minimum Gasteiger partial charge on any atom is -0.384 e. The Morgan fingerprint density at radius 1 is 1.35 bits per heavy atom. The quantitative estimate of drug-likeness (QED) is 0.824. The van der Waals surface area contributed by atoms with Gasteiger partial charge in [0.25, 0.3) is 0 Å². The molecule has 0 unspecified atom stereocenters. The monoisotopic (exact) mass is 311 g/mol. The lowest BCUT2D eigenvalue weighted by Crippen LogP contribution is -2.24. The molecule has 0 aromatic carbocycles. The fraction of sp³-hybridized carbons (Fsp3) is 0.308. The topological polar surface area (TPSA) is 71.1 Å². The average molecular weight is 311 g/mol. The molecule has 2 rings (SSSR count). The molecule has 2 heterocycles. The first-order chi connectivity index (χ1) is 9.63. The number of hydrogen-bond donors (Lipinski definition) is 2. The third-order valence-corrected chi connectivity index (χ3v) is 4.85. The van der Waals surface area contributed by atoms with Crippen molar-refractivity contribution < 1.29 is 8.42 Å². The van der Waals surface area contributed by atoms with Crippen LogP contribution in [0.2, 0.25) is 0 Å². The van der Waals surface area contributed by atoms with E-state index in [1.165, 1.54) is 6.20 Å². The molecular weight excluding hydrogens is 294 g/mol. The number of pyridine rings is 1. The Bertz CT molecular complexity index is 639. The third kappa shape index (κ3) is 3.78. The number of rotatable bonds is 7. The third-order valence-electron chi connectivity index (χ3n) is 2.69. The van der Waals surface area contributed by atoms with Gasteiger partial charge < -0.3 is 5.32 Å². The molecule has 0 saturated heterocycles. The summed E-state index contributed by atoms with van der Waals surface area (Å²) in [7, 11) is -3.57. The first-order valence-electron chi connectivity index (χ1n) is 6.32. The van der Waals surface area contributed by atoms with Crippen LogP contribution in [-0.2, 0) is 16.6 Å². The predicted octanol–water partition coefficient (Wildman–Crippen LogP) is 2.44. The Morgan fingerprint density at radius 3 is 2.90 bits per heavy atom. The van der Waals surface area contributed by atoms with E-state index in [-0.39, 0.29) is 11.4 Å². The Labute approximate surface area is 123 Å².